The maximum absolute atomic E-state index is 13.1. The zero-order chi connectivity index (χ0) is 19.9. The first-order valence-corrected chi connectivity index (χ1v) is 10.8. The van der Waals surface area contributed by atoms with Crippen molar-refractivity contribution < 1.29 is 22.4 Å². The molecule has 0 saturated carbocycles. The quantitative estimate of drug-likeness (QED) is 0.551. The third-order valence-corrected chi connectivity index (χ3v) is 7.64. The molecule has 2 heterocycles. The van der Waals surface area contributed by atoms with E-state index in [9.17, 15) is 22.4 Å². The number of carbonyl (C=O) groups excluding carboxylic acids is 2. The van der Waals surface area contributed by atoms with Gasteiger partial charge in [-0.1, -0.05) is 12.2 Å². The molecule has 2 saturated heterocycles. The van der Waals surface area contributed by atoms with Crippen LogP contribution in [0.2, 0.25) is 0 Å². The van der Waals surface area contributed by atoms with Gasteiger partial charge in [0.25, 0.3) is 0 Å². The van der Waals surface area contributed by atoms with E-state index in [1.54, 1.807) is 0 Å². The van der Waals surface area contributed by atoms with Crippen molar-refractivity contribution in [3.8, 4) is 0 Å². The van der Waals surface area contributed by atoms with Gasteiger partial charge in [-0.3, -0.25) is 19.4 Å². The summed E-state index contributed by atoms with van der Waals surface area (Å²) in [6.45, 7) is 1.56. The number of amides is 2. The van der Waals surface area contributed by atoms with Crippen LogP contribution in [0.3, 0.4) is 0 Å². The van der Waals surface area contributed by atoms with Gasteiger partial charge in [-0.05, 0) is 37.1 Å². The molecular formula is C19H22FN3O4S. The van der Waals surface area contributed by atoms with E-state index in [-0.39, 0.29) is 48.3 Å². The van der Waals surface area contributed by atoms with Gasteiger partial charge in [0.05, 0.1) is 23.4 Å². The fourth-order valence-electron chi connectivity index (χ4n) is 4.08. The molecule has 2 atom stereocenters. The fourth-order valence-corrected chi connectivity index (χ4v) is 5.50. The largest absolute Gasteiger partial charge is 0.283 e. The first kappa shape index (κ1) is 19.2. The third kappa shape index (κ3) is 3.38. The smallest absolute Gasteiger partial charge is 0.243 e. The standard InChI is InChI=1S/C19H22FN3O4S/c20-14-5-7-15(8-6-14)28(26,27)22-11-9-21(10-12-22)13-23-18(24)16-3-1-2-4-17(16)19(23)25/h1-2,5-8,16-17H,3-4,9-13H2/t16-,17+. The van der Waals surface area contributed by atoms with E-state index in [1.165, 1.54) is 21.3 Å². The number of halogens is 1. The molecule has 0 bridgehead atoms. The lowest BCUT2D eigenvalue weighted by atomic mass is 9.85. The van der Waals surface area contributed by atoms with Crippen molar-refractivity contribution in [2.45, 2.75) is 17.7 Å². The molecule has 3 aliphatic rings. The normalized spacial score (nSPS) is 26.7. The van der Waals surface area contributed by atoms with Gasteiger partial charge in [-0.25, -0.2) is 12.8 Å². The molecule has 0 aromatic heterocycles. The van der Waals surface area contributed by atoms with E-state index in [4.69, 9.17) is 0 Å². The van der Waals surface area contributed by atoms with Crippen LogP contribution >= 0.6 is 0 Å². The van der Waals surface area contributed by atoms with Crippen LogP contribution < -0.4 is 0 Å². The highest BCUT2D eigenvalue weighted by molar-refractivity contribution is 7.89. The Kier molecular flexibility index (Phi) is 5.07. The van der Waals surface area contributed by atoms with Crippen LogP contribution in [0.25, 0.3) is 0 Å². The van der Waals surface area contributed by atoms with Crippen LogP contribution in [-0.2, 0) is 19.6 Å². The van der Waals surface area contributed by atoms with Gasteiger partial charge in [0.15, 0.2) is 0 Å². The summed E-state index contributed by atoms with van der Waals surface area (Å²) < 4.78 is 39.8. The lowest BCUT2D eigenvalue weighted by Crippen LogP contribution is -2.52. The summed E-state index contributed by atoms with van der Waals surface area (Å²) in [4.78, 5) is 28.4. The van der Waals surface area contributed by atoms with Crippen LogP contribution in [0.1, 0.15) is 12.8 Å². The van der Waals surface area contributed by atoms with Crippen molar-refractivity contribution in [2.24, 2.45) is 11.8 Å². The van der Waals surface area contributed by atoms with Gasteiger partial charge in [-0.2, -0.15) is 4.31 Å². The van der Waals surface area contributed by atoms with Crippen LogP contribution in [0, 0.1) is 17.7 Å². The van der Waals surface area contributed by atoms with E-state index in [1.807, 2.05) is 17.1 Å². The van der Waals surface area contributed by atoms with E-state index in [0.29, 0.717) is 25.9 Å². The van der Waals surface area contributed by atoms with Gasteiger partial charge in [-0.15, -0.1) is 0 Å². The number of piperazine rings is 1. The first-order valence-electron chi connectivity index (χ1n) is 9.36. The van der Waals surface area contributed by atoms with Crippen molar-refractivity contribution in [1.29, 1.82) is 0 Å². The summed E-state index contributed by atoms with van der Waals surface area (Å²) in [6.07, 6.45) is 5.12. The number of hydrogen-bond acceptors (Lipinski definition) is 5. The average Bonchev–Trinajstić information content (AvgIpc) is 2.94. The van der Waals surface area contributed by atoms with Crippen LogP contribution in [0.15, 0.2) is 41.3 Å². The zero-order valence-corrected chi connectivity index (χ0v) is 16.1. The van der Waals surface area contributed by atoms with Crippen molar-refractivity contribution in [2.75, 3.05) is 32.8 Å². The SMILES string of the molecule is O=C1[C@H]2CC=CC[C@H]2C(=O)N1CN1CCN(S(=O)(=O)c2ccc(F)cc2)CC1. The van der Waals surface area contributed by atoms with E-state index in [0.717, 1.165) is 12.1 Å². The Balaban J connectivity index is 1.38. The molecule has 2 aliphatic heterocycles. The Hall–Kier alpha value is -2.10. The Bertz CT molecular complexity index is 882. The van der Waals surface area contributed by atoms with Gasteiger partial charge in [0.1, 0.15) is 5.82 Å². The number of likely N-dealkylation sites (tertiary alicyclic amines) is 1. The van der Waals surface area contributed by atoms with Crippen molar-refractivity contribution in [3.63, 3.8) is 0 Å². The monoisotopic (exact) mass is 407 g/mol. The van der Waals surface area contributed by atoms with Crippen molar-refractivity contribution in [1.82, 2.24) is 14.1 Å². The second kappa shape index (κ2) is 7.38. The molecule has 7 nitrogen and oxygen atoms in total. The molecule has 2 amide bonds. The minimum absolute atomic E-state index is 0.0591. The summed E-state index contributed by atoms with van der Waals surface area (Å²) in [6, 6.07) is 4.77. The van der Waals surface area contributed by atoms with E-state index >= 15 is 0 Å². The number of sulfonamides is 1. The maximum atomic E-state index is 13.1. The molecule has 4 rings (SSSR count). The fraction of sp³-hybridized carbons (Fsp3) is 0.474. The minimum Gasteiger partial charge on any atom is -0.283 e. The lowest BCUT2D eigenvalue weighted by Gasteiger charge is -2.35. The number of rotatable bonds is 4. The van der Waals surface area contributed by atoms with Crippen molar-refractivity contribution in [3.05, 3.63) is 42.2 Å². The van der Waals surface area contributed by atoms with Gasteiger partial charge < -0.3 is 0 Å². The van der Waals surface area contributed by atoms with Gasteiger partial charge in [0.2, 0.25) is 21.8 Å². The molecule has 150 valence electrons. The molecule has 1 aromatic rings. The molecule has 0 radical (unpaired) electrons. The second-order valence-corrected chi connectivity index (χ2v) is 9.32. The molecule has 9 heteroatoms. The number of carbonyl (C=O) groups is 2. The van der Waals surface area contributed by atoms with Crippen LogP contribution in [-0.4, -0.2) is 67.2 Å². The summed E-state index contributed by atoms with van der Waals surface area (Å²) in [5, 5.41) is 0. The Morgan fingerprint density at radius 3 is 1.96 bits per heavy atom. The number of benzene rings is 1. The lowest BCUT2D eigenvalue weighted by molar-refractivity contribution is -0.142. The average molecular weight is 407 g/mol. The summed E-state index contributed by atoms with van der Waals surface area (Å²) >= 11 is 0. The number of fused-ring (bicyclic) bond motifs is 1. The molecule has 28 heavy (non-hydrogen) atoms. The topological polar surface area (TPSA) is 78.0 Å². The number of nitrogens with zero attached hydrogens (tertiary/aromatic N) is 3. The minimum atomic E-state index is -3.68. The molecule has 1 aliphatic carbocycles. The summed E-state index contributed by atoms with van der Waals surface area (Å²) in [5.74, 6) is -1.24. The number of allylic oxidation sites excluding steroid dienone is 2. The third-order valence-electron chi connectivity index (χ3n) is 5.72. The summed E-state index contributed by atoms with van der Waals surface area (Å²) in [7, 11) is -3.68. The Morgan fingerprint density at radius 1 is 0.893 bits per heavy atom. The first-order chi connectivity index (χ1) is 13.4. The zero-order valence-electron chi connectivity index (χ0n) is 15.3. The molecule has 0 unspecified atom stereocenters. The molecule has 0 spiro atoms. The predicted octanol–water partition coefficient (Wildman–Crippen LogP) is 1.04. The van der Waals surface area contributed by atoms with Gasteiger partial charge >= 0.3 is 0 Å². The van der Waals surface area contributed by atoms with Crippen LogP contribution in [0.4, 0.5) is 4.39 Å². The maximum Gasteiger partial charge on any atom is 0.243 e. The molecule has 2 fully saturated rings. The van der Waals surface area contributed by atoms with E-state index < -0.39 is 15.8 Å². The molecule has 1 aromatic carbocycles. The highest BCUT2D eigenvalue weighted by Crippen LogP contribution is 2.35. The van der Waals surface area contributed by atoms with Crippen LogP contribution in [0.5, 0.6) is 0 Å². The van der Waals surface area contributed by atoms with Gasteiger partial charge in [0, 0.05) is 26.2 Å². The number of hydrogen-bond donors (Lipinski definition) is 0. The highest BCUT2D eigenvalue weighted by atomic mass is 32.2. The second-order valence-electron chi connectivity index (χ2n) is 7.38. The number of imide groups is 1. The highest BCUT2D eigenvalue weighted by Gasteiger charge is 2.47. The Labute approximate surface area is 163 Å². The summed E-state index contributed by atoms with van der Waals surface area (Å²) in [5.41, 5.74) is 0. The predicted molar refractivity (Wildman–Crippen MR) is 98.8 cm³/mol. The van der Waals surface area contributed by atoms with Crippen molar-refractivity contribution >= 4 is 21.8 Å². The Morgan fingerprint density at radius 2 is 1.43 bits per heavy atom. The van der Waals surface area contributed by atoms with E-state index in [2.05, 4.69) is 0 Å². The molecular weight excluding hydrogens is 385 g/mol. The molecule has 0 N–H and O–H groups in total.